The van der Waals surface area contributed by atoms with Gasteiger partial charge in [0, 0.05) is 45.4 Å². The van der Waals surface area contributed by atoms with E-state index in [1.807, 2.05) is 6.92 Å². The van der Waals surface area contributed by atoms with E-state index in [1.54, 1.807) is 38.5 Å². The van der Waals surface area contributed by atoms with E-state index in [2.05, 4.69) is 24.8 Å². The number of hydrogen-bond acceptors (Lipinski definition) is 8. The Morgan fingerprint density at radius 2 is 1.97 bits per heavy atom. The van der Waals surface area contributed by atoms with Gasteiger partial charge in [0.05, 0.1) is 30.5 Å². The molecule has 0 aromatic carbocycles. The molecule has 0 unspecified atom stereocenters. The molecule has 1 aliphatic rings. The Hall–Kier alpha value is -4.36. The highest BCUT2D eigenvalue weighted by Gasteiger charge is 2.22. The average Bonchev–Trinajstić information content (AvgIpc) is 3.33. The second-order valence-electron chi connectivity index (χ2n) is 8.70. The van der Waals surface area contributed by atoms with Gasteiger partial charge < -0.3 is 23.6 Å². The summed E-state index contributed by atoms with van der Waals surface area (Å²) in [4.78, 5) is 35.2. The summed E-state index contributed by atoms with van der Waals surface area (Å²) >= 11 is 0. The standard InChI is InChI=1S/C26H24N6O4/c1-15-11-16(26(33)32(3)4)13-29-22(15)20-12-19-23(36-20)18(5-8-28-19)24-30-14-21(25(27-2)31-24)35-17-6-9-34-10-7-17/h5,8,11-14,17H,6-7,9-10H2,1,3-4H3. The number of furan rings is 1. The summed E-state index contributed by atoms with van der Waals surface area (Å²) in [7, 11) is 3.40. The van der Waals surface area contributed by atoms with E-state index in [0.717, 1.165) is 18.4 Å². The third kappa shape index (κ3) is 4.48. The minimum atomic E-state index is -0.122. The Morgan fingerprint density at radius 3 is 2.69 bits per heavy atom. The monoisotopic (exact) mass is 484 g/mol. The number of aryl methyl sites for hydroxylation is 1. The van der Waals surface area contributed by atoms with E-state index < -0.39 is 0 Å². The first kappa shape index (κ1) is 23.4. The zero-order valence-electron chi connectivity index (χ0n) is 20.2. The molecule has 0 N–H and O–H groups in total. The summed E-state index contributed by atoms with van der Waals surface area (Å²) < 4.78 is 17.5. The lowest BCUT2D eigenvalue weighted by Crippen LogP contribution is -2.26. The van der Waals surface area contributed by atoms with Crippen LogP contribution in [-0.2, 0) is 4.74 Å². The molecule has 36 heavy (non-hydrogen) atoms. The molecule has 5 rings (SSSR count). The van der Waals surface area contributed by atoms with Crippen molar-refractivity contribution >= 4 is 22.8 Å². The number of aromatic nitrogens is 4. The van der Waals surface area contributed by atoms with Gasteiger partial charge in [-0.25, -0.2) is 4.98 Å². The fraction of sp³-hybridized carbons (Fsp3) is 0.308. The molecule has 0 aliphatic carbocycles. The molecule has 5 heterocycles. The SMILES string of the molecule is [C-]#[N+]c1nc(-c2ccnc3cc(-c4ncc(C(=O)N(C)C)cc4C)oc23)ncc1OC1CCOCC1. The highest BCUT2D eigenvalue weighted by molar-refractivity contribution is 5.94. The van der Waals surface area contributed by atoms with Gasteiger partial charge >= 0.3 is 5.82 Å². The van der Waals surface area contributed by atoms with Crippen LogP contribution in [0.5, 0.6) is 5.75 Å². The largest absolute Gasteiger partial charge is 0.498 e. The van der Waals surface area contributed by atoms with Crippen molar-refractivity contribution in [3.05, 3.63) is 59.3 Å². The normalized spacial score (nSPS) is 13.9. The molecule has 4 aromatic rings. The quantitative estimate of drug-likeness (QED) is 0.382. The van der Waals surface area contributed by atoms with E-state index in [4.69, 9.17) is 20.5 Å². The van der Waals surface area contributed by atoms with Crippen molar-refractivity contribution in [1.82, 2.24) is 24.8 Å². The molecule has 10 heteroatoms. The minimum absolute atomic E-state index is 0.0240. The molecule has 1 saturated heterocycles. The van der Waals surface area contributed by atoms with E-state index in [-0.39, 0.29) is 17.8 Å². The van der Waals surface area contributed by atoms with Crippen LogP contribution in [0.1, 0.15) is 28.8 Å². The topological polar surface area (TPSA) is 108 Å². The first-order valence-corrected chi connectivity index (χ1v) is 11.5. The number of amides is 1. The molecule has 0 bridgehead atoms. The molecule has 10 nitrogen and oxygen atoms in total. The molecule has 1 aliphatic heterocycles. The van der Waals surface area contributed by atoms with Gasteiger partial charge in [0.1, 0.15) is 17.3 Å². The van der Waals surface area contributed by atoms with Crippen LogP contribution in [0.3, 0.4) is 0 Å². The molecular weight excluding hydrogens is 460 g/mol. The minimum Gasteiger partial charge on any atom is -0.498 e. The zero-order chi connectivity index (χ0) is 25.2. The van der Waals surface area contributed by atoms with Crippen LogP contribution in [0, 0.1) is 13.5 Å². The molecule has 1 amide bonds. The molecular formula is C26H24N6O4. The molecule has 182 valence electrons. The summed E-state index contributed by atoms with van der Waals surface area (Å²) in [6, 6.07) is 5.32. The van der Waals surface area contributed by atoms with Crippen molar-refractivity contribution in [2.75, 3.05) is 27.3 Å². The van der Waals surface area contributed by atoms with Gasteiger partial charge in [-0.3, -0.25) is 14.8 Å². The molecule has 0 spiro atoms. The first-order valence-electron chi connectivity index (χ1n) is 11.5. The second-order valence-corrected chi connectivity index (χ2v) is 8.70. The van der Waals surface area contributed by atoms with Crippen LogP contribution in [-0.4, -0.2) is 64.2 Å². The van der Waals surface area contributed by atoms with E-state index in [9.17, 15) is 4.79 Å². The van der Waals surface area contributed by atoms with Gasteiger partial charge in [-0.2, -0.15) is 0 Å². The van der Waals surface area contributed by atoms with Crippen molar-refractivity contribution in [2.45, 2.75) is 25.9 Å². The summed E-state index contributed by atoms with van der Waals surface area (Å²) in [6.07, 6.45) is 6.21. The third-order valence-corrected chi connectivity index (χ3v) is 5.92. The number of hydrogen-bond donors (Lipinski definition) is 0. The van der Waals surface area contributed by atoms with Crippen LogP contribution in [0.2, 0.25) is 0 Å². The summed E-state index contributed by atoms with van der Waals surface area (Å²) in [5.74, 6) is 1.23. The lowest BCUT2D eigenvalue weighted by Gasteiger charge is -2.23. The summed E-state index contributed by atoms with van der Waals surface area (Å²) in [5.41, 5.74) is 3.59. The fourth-order valence-corrected chi connectivity index (χ4v) is 4.07. The number of pyridine rings is 2. The highest BCUT2D eigenvalue weighted by Crippen LogP contribution is 2.35. The van der Waals surface area contributed by atoms with Gasteiger partial charge in [-0.05, 0) is 24.6 Å². The zero-order valence-corrected chi connectivity index (χ0v) is 20.2. The smallest absolute Gasteiger partial charge is 0.315 e. The van der Waals surface area contributed by atoms with Gasteiger partial charge in [0.25, 0.3) is 11.7 Å². The Bertz CT molecular complexity index is 1480. The Morgan fingerprint density at radius 1 is 1.17 bits per heavy atom. The van der Waals surface area contributed by atoms with Crippen LogP contribution >= 0.6 is 0 Å². The number of nitrogens with zero attached hydrogens (tertiary/aromatic N) is 6. The average molecular weight is 485 g/mol. The molecule has 0 radical (unpaired) electrons. The van der Waals surface area contributed by atoms with Crippen LogP contribution in [0.25, 0.3) is 38.8 Å². The fourth-order valence-electron chi connectivity index (χ4n) is 4.07. The number of rotatable bonds is 5. The lowest BCUT2D eigenvalue weighted by molar-refractivity contribution is 0.0256. The molecule has 0 atom stereocenters. The predicted octanol–water partition coefficient (Wildman–Crippen LogP) is 4.47. The van der Waals surface area contributed by atoms with Crippen LogP contribution in [0.15, 0.2) is 41.2 Å². The Balaban J connectivity index is 1.49. The molecule has 4 aromatic heterocycles. The third-order valence-electron chi connectivity index (χ3n) is 5.92. The van der Waals surface area contributed by atoms with Gasteiger partial charge in [-0.15, -0.1) is 0 Å². The molecule has 1 fully saturated rings. The van der Waals surface area contributed by atoms with Gasteiger partial charge in [-0.1, -0.05) is 11.6 Å². The van der Waals surface area contributed by atoms with Crippen LogP contribution in [0.4, 0.5) is 5.82 Å². The van der Waals surface area contributed by atoms with Crippen molar-refractivity contribution in [1.29, 1.82) is 0 Å². The van der Waals surface area contributed by atoms with E-state index in [1.165, 1.54) is 17.3 Å². The van der Waals surface area contributed by atoms with E-state index >= 15 is 0 Å². The van der Waals surface area contributed by atoms with Crippen molar-refractivity contribution < 1.29 is 18.7 Å². The van der Waals surface area contributed by atoms with Crippen molar-refractivity contribution in [2.24, 2.45) is 0 Å². The second kappa shape index (κ2) is 9.71. The number of ether oxygens (including phenoxy) is 2. The van der Waals surface area contributed by atoms with Gasteiger partial charge in [0.2, 0.25) is 0 Å². The number of carbonyl (C=O) groups is 1. The van der Waals surface area contributed by atoms with Crippen molar-refractivity contribution in [3.63, 3.8) is 0 Å². The van der Waals surface area contributed by atoms with Crippen molar-refractivity contribution in [3.8, 4) is 28.6 Å². The van der Waals surface area contributed by atoms with Gasteiger partial charge in [0.15, 0.2) is 17.1 Å². The maximum atomic E-state index is 12.3. The highest BCUT2D eigenvalue weighted by atomic mass is 16.5. The van der Waals surface area contributed by atoms with Crippen LogP contribution < -0.4 is 4.74 Å². The maximum absolute atomic E-state index is 12.3. The molecule has 0 saturated carbocycles. The maximum Gasteiger partial charge on any atom is 0.315 e. The number of fused-ring (bicyclic) bond motifs is 1. The van der Waals surface area contributed by atoms with E-state index in [0.29, 0.717) is 58.5 Å². The number of carbonyl (C=O) groups excluding carboxylic acids is 1. The Kier molecular flexibility index (Phi) is 6.31. The Labute approximate surface area is 207 Å². The first-order chi connectivity index (χ1) is 17.4. The summed E-state index contributed by atoms with van der Waals surface area (Å²) in [5, 5.41) is 0. The lowest BCUT2D eigenvalue weighted by atomic mass is 10.1. The predicted molar refractivity (Wildman–Crippen MR) is 132 cm³/mol. The summed E-state index contributed by atoms with van der Waals surface area (Å²) in [6.45, 7) is 10.7.